The van der Waals surface area contributed by atoms with Crippen LogP contribution in [0.2, 0.25) is 10.0 Å². The van der Waals surface area contributed by atoms with Crippen molar-refractivity contribution in [1.82, 2.24) is 5.43 Å². The molecule has 0 amide bonds. The number of benzene rings is 2. The van der Waals surface area contributed by atoms with Crippen molar-refractivity contribution in [2.75, 3.05) is 7.11 Å². The van der Waals surface area contributed by atoms with Gasteiger partial charge in [-0.1, -0.05) is 23.2 Å². The molecule has 2 aromatic rings. The number of hydrazone groups is 1. The van der Waals surface area contributed by atoms with Crippen molar-refractivity contribution in [3.63, 3.8) is 0 Å². The van der Waals surface area contributed by atoms with E-state index in [4.69, 9.17) is 38.4 Å². The van der Waals surface area contributed by atoms with Gasteiger partial charge in [-0.05, 0) is 54.2 Å². The Kier molecular flexibility index (Phi) is 6.58. The summed E-state index contributed by atoms with van der Waals surface area (Å²) in [6.07, 6.45) is 1.49. The topological polar surface area (TPSA) is 85.9 Å². The van der Waals surface area contributed by atoms with Gasteiger partial charge in [0.1, 0.15) is 0 Å². The van der Waals surface area contributed by atoms with Gasteiger partial charge in [-0.2, -0.15) is 5.10 Å². The Balaban J connectivity index is 2.20. The van der Waals surface area contributed by atoms with E-state index in [2.05, 4.69) is 22.7 Å². The van der Waals surface area contributed by atoms with Crippen LogP contribution in [0.25, 0.3) is 0 Å². The van der Waals surface area contributed by atoms with Gasteiger partial charge in [0.2, 0.25) is 0 Å². The molecule has 0 bridgehead atoms. The molecule has 25 heavy (non-hydrogen) atoms. The third-order valence-electron chi connectivity index (χ3n) is 2.93. The zero-order valence-corrected chi connectivity index (χ0v) is 15.3. The van der Waals surface area contributed by atoms with Gasteiger partial charge in [0.25, 0.3) is 0 Å². The van der Waals surface area contributed by atoms with Gasteiger partial charge < -0.3 is 15.2 Å². The van der Waals surface area contributed by atoms with Gasteiger partial charge >= 0.3 is 5.97 Å². The number of rotatable bonds is 5. The first kappa shape index (κ1) is 19.0. The third kappa shape index (κ3) is 5.32. The van der Waals surface area contributed by atoms with Gasteiger partial charge in [-0.25, -0.2) is 4.79 Å². The molecule has 0 saturated heterocycles. The molecule has 3 N–H and O–H groups in total. The highest BCUT2D eigenvalue weighted by Gasteiger charge is 2.16. The summed E-state index contributed by atoms with van der Waals surface area (Å²) in [6, 6.07) is 9.39. The van der Waals surface area contributed by atoms with E-state index in [1.807, 2.05) is 0 Å². The van der Waals surface area contributed by atoms with E-state index in [1.54, 1.807) is 24.3 Å². The maximum absolute atomic E-state index is 12.3. The van der Waals surface area contributed by atoms with Gasteiger partial charge in [0.05, 0.1) is 23.9 Å². The molecular weight excluding hydrogens is 385 g/mol. The van der Waals surface area contributed by atoms with Crippen LogP contribution in [0.15, 0.2) is 41.5 Å². The second-order valence-corrected chi connectivity index (χ2v) is 5.94. The fourth-order valence-electron chi connectivity index (χ4n) is 1.83. The van der Waals surface area contributed by atoms with Crippen LogP contribution in [0.3, 0.4) is 0 Å². The van der Waals surface area contributed by atoms with E-state index in [1.165, 1.54) is 25.5 Å². The summed E-state index contributed by atoms with van der Waals surface area (Å²) in [5, 5.41) is 4.51. The monoisotopic (exact) mass is 397 g/mol. The predicted molar refractivity (Wildman–Crippen MR) is 102 cm³/mol. The molecule has 0 saturated carbocycles. The van der Waals surface area contributed by atoms with Crippen LogP contribution < -0.4 is 20.6 Å². The van der Waals surface area contributed by atoms with Gasteiger partial charge in [0.15, 0.2) is 16.6 Å². The van der Waals surface area contributed by atoms with Crippen molar-refractivity contribution in [2.45, 2.75) is 0 Å². The molecule has 2 aromatic carbocycles. The van der Waals surface area contributed by atoms with E-state index >= 15 is 0 Å². The van der Waals surface area contributed by atoms with Gasteiger partial charge in [0, 0.05) is 5.02 Å². The smallest absolute Gasteiger partial charge is 0.345 e. The van der Waals surface area contributed by atoms with Crippen LogP contribution >= 0.6 is 35.4 Å². The molecule has 0 radical (unpaired) electrons. The molecule has 0 unspecified atom stereocenters. The lowest BCUT2D eigenvalue weighted by atomic mass is 10.2. The number of methoxy groups -OCH3 is 1. The standard InChI is InChI=1S/C16H13Cl2N3O3S/c1-23-14-6-9(8-20-21-16(19)25)2-5-13(14)24-15(22)11-4-3-10(17)7-12(11)18/h2-8H,1H3,(H3,19,21,25). The zero-order chi connectivity index (χ0) is 18.4. The number of hydrogen-bond donors (Lipinski definition) is 2. The number of carbonyl (C=O) groups excluding carboxylic acids is 1. The highest BCUT2D eigenvalue weighted by Crippen LogP contribution is 2.29. The van der Waals surface area contributed by atoms with Gasteiger partial charge in [-0.3, -0.25) is 5.43 Å². The van der Waals surface area contributed by atoms with E-state index in [-0.39, 0.29) is 21.4 Å². The molecule has 9 heteroatoms. The molecule has 2 rings (SSSR count). The summed E-state index contributed by atoms with van der Waals surface area (Å²) in [5.74, 6) is -0.0489. The second kappa shape index (κ2) is 8.66. The molecule has 0 spiro atoms. The number of thiocarbonyl (C=S) groups is 1. The predicted octanol–water partition coefficient (Wildman–Crippen LogP) is 3.39. The molecule has 0 heterocycles. The van der Waals surface area contributed by atoms with Crippen molar-refractivity contribution >= 4 is 52.7 Å². The normalized spacial score (nSPS) is 10.5. The van der Waals surface area contributed by atoms with E-state index < -0.39 is 5.97 Å². The molecule has 0 aliphatic rings. The first-order chi connectivity index (χ1) is 11.9. The fraction of sp³-hybridized carbons (Fsp3) is 0.0625. The van der Waals surface area contributed by atoms with Crippen LogP contribution in [-0.2, 0) is 0 Å². The minimum absolute atomic E-state index is 0.0496. The summed E-state index contributed by atoms with van der Waals surface area (Å²) in [6.45, 7) is 0. The number of nitrogens with zero attached hydrogens (tertiary/aromatic N) is 1. The summed E-state index contributed by atoms with van der Waals surface area (Å²) in [5.41, 5.74) is 8.59. The Morgan fingerprint density at radius 3 is 2.64 bits per heavy atom. The van der Waals surface area contributed by atoms with E-state index in [0.717, 1.165) is 0 Å². The molecule has 6 nitrogen and oxygen atoms in total. The van der Waals surface area contributed by atoms with Crippen LogP contribution in [0, 0.1) is 0 Å². The summed E-state index contributed by atoms with van der Waals surface area (Å²) < 4.78 is 10.6. The molecule has 130 valence electrons. The number of ether oxygens (including phenoxy) is 2. The quantitative estimate of drug-likeness (QED) is 0.264. The molecule has 0 aliphatic heterocycles. The number of halogens is 2. The Labute approximate surface area is 159 Å². The Hall–Kier alpha value is -2.35. The highest BCUT2D eigenvalue weighted by molar-refractivity contribution is 7.80. The number of nitrogens with one attached hydrogen (secondary N) is 1. The number of esters is 1. The van der Waals surface area contributed by atoms with Crippen molar-refractivity contribution in [3.05, 3.63) is 57.6 Å². The molecule has 0 aromatic heterocycles. The molecule has 0 atom stereocenters. The van der Waals surface area contributed by atoms with Crippen molar-refractivity contribution in [3.8, 4) is 11.5 Å². The Morgan fingerprint density at radius 2 is 2.00 bits per heavy atom. The zero-order valence-electron chi connectivity index (χ0n) is 13.0. The van der Waals surface area contributed by atoms with Crippen LogP contribution in [-0.4, -0.2) is 24.4 Å². The van der Waals surface area contributed by atoms with Crippen molar-refractivity contribution in [2.24, 2.45) is 10.8 Å². The second-order valence-electron chi connectivity index (χ2n) is 4.66. The lowest BCUT2D eigenvalue weighted by Crippen LogP contribution is -2.23. The SMILES string of the molecule is COc1cc(C=NNC(N)=S)ccc1OC(=O)c1ccc(Cl)cc1Cl. The van der Waals surface area contributed by atoms with Crippen LogP contribution in [0.5, 0.6) is 11.5 Å². The number of nitrogens with two attached hydrogens (primary N) is 1. The highest BCUT2D eigenvalue weighted by atomic mass is 35.5. The average Bonchev–Trinajstić information content (AvgIpc) is 2.55. The average molecular weight is 398 g/mol. The summed E-state index contributed by atoms with van der Waals surface area (Å²) in [4.78, 5) is 12.3. The van der Waals surface area contributed by atoms with Gasteiger partial charge in [-0.15, -0.1) is 0 Å². The van der Waals surface area contributed by atoms with E-state index in [9.17, 15) is 4.79 Å². The maximum atomic E-state index is 12.3. The number of carbonyl (C=O) groups is 1. The number of hydrogen-bond acceptors (Lipinski definition) is 5. The molecule has 0 aliphatic carbocycles. The van der Waals surface area contributed by atoms with Crippen molar-refractivity contribution < 1.29 is 14.3 Å². The summed E-state index contributed by atoms with van der Waals surface area (Å²) >= 11 is 16.5. The van der Waals surface area contributed by atoms with Crippen molar-refractivity contribution in [1.29, 1.82) is 0 Å². The minimum atomic E-state index is -0.628. The van der Waals surface area contributed by atoms with E-state index in [0.29, 0.717) is 16.3 Å². The first-order valence-electron chi connectivity index (χ1n) is 6.84. The molecular formula is C16H13Cl2N3O3S. The fourth-order valence-corrected chi connectivity index (χ4v) is 2.37. The third-order valence-corrected chi connectivity index (χ3v) is 3.57. The Bertz CT molecular complexity index is 843. The first-order valence-corrected chi connectivity index (χ1v) is 8.01. The van der Waals surface area contributed by atoms with Crippen LogP contribution in [0.4, 0.5) is 0 Å². The lowest BCUT2D eigenvalue weighted by molar-refractivity contribution is 0.0730. The lowest BCUT2D eigenvalue weighted by Gasteiger charge is -2.10. The van der Waals surface area contributed by atoms with Crippen LogP contribution in [0.1, 0.15) is 15.9 Å². The summed E-state index contributed by atoms with van der Waals surface area (Å²) in [7, 11) is 1.45. The maximum Gasteiger partial charge on any atom is 0.345 e. The largest absolute Gasteiger partial charge is 0.493 e. The molecule has 0 fully saturated rings. The Morgan fingerprint density at radius 1 is 1.24 bits per heavy atom. The minimum Gasteiger partial charge on any atom is -0.493 e.